The molecule has 0 saturated carbocycles. The minimum atomic E-state index is -0.781. The molecule has 0 aliphatic rings. The van der Waals surface area contributed by atoms with Gasteiger partial charge < -0.3 is 9.84 Å². The summed E-state index contributed by atoms with van der Waals surface area (Å²) in [6, 6.07) is 2.05. The molecule has 7 heteroatoms. The number of rotatable bonds is 4. The average Bonchev–Trinajstić information content (AvgIpc) is 2.91. The van der Waals surface area contributed by atoms with Gasteiger partial charge in [-0.3, -0.25) is 4.68 Å². The Bertz CT molecular complexity index is 580. The van der Waals surface area contributed by atoms with Crippen molar-refractivity contribution < 1.29 is 9.84 Å². The van der Waals surface area contributed by atoms with E-state index in [1.54, 1.807) is 18.0 Å². The minimum Gasteiger partial charge on any atom is -0.493 e. The van der Waals surface area contributed by atoms with Crippen LogP contribution in [0.15, 0.2) is 19.8 Å². The summed E-state index contributed by atoms with van der Waals surface area (Å²) in [6.07, 6.45) is 0.852. The molecule has 0 amide bonds. The molecule has 4 nitrogen and oxygen atoms in total. The van der Waals surface area contributed by atoms with Crippen LogP contribution in [0.1, 0.15) is 37.3 Å². The molecule has 0 fully saturated rings. The maximum Gasteiger partial charge on any atom is 0.163 e. The second-order valence-electron chi connectivity index (χ2n) is 4.32. The van der Waals surface area contributed by atoms with Crippen molar-refractivity contribution in [3.63, 3.8) is 0 Å². The second kappa shape index (κ2) is 5.95. The predicted molar refractivity (Wildman–Crippen MR) is 82.9 cm³/mol. The van der Waals surface area contributed by atoms with Crippen LogP contribution in [0.25, 0.3) is 0 Å². The zero-order chi connectivity index (χ0) is 14.2. The molecule has 0 aromatic carbocycles. The van der Waals surface area contributed by atoms with E-state index in [2.05, 4.69) is 37.0 Å². The van der Waals surface area contributed by atoms with E-state index in [0.29, 0.717) is 11.4 Å². The van der Waals surface area contributed by atoms with E-state index in [4.69, 9.17) is 4.74 Å². The van der Waals surface area contributed by atoms with Crippen molar-refractivity contribution in [1.82, 2.24) is 9.78 Å². The van der Waals surface area contributed by atoms with Crippen LogP contribution in [0, 0.1) is 0 Å². The van der Waals surface area contributed by atoms with Crippen molar-refractivity contribution in [1.29, 1.82) is 0 Å². The van der Waals surface area contributed by atoms with Gasteiger partial charge in [-0.05, 0) is 51.8 Å². The van der Waals surface area contributed by atoms with Crippen LogP contribution in [-0.2, 0) is 0 Å². The van der Waals surface area contributed by atoms with Crippen molar-refractivity contribution in [2.75, 3.05) is 7.11 Å². The second-order valence-corrected chi connectivity index (χ2v) is 8.07. The topological polar surface area (TPSA) is 47.3 Å². The van der Waals surface area contributed by atoms with Crippen LogP contribution in [0.2, 0.25) is 0 Å². The molecule has 19 heavy (non-hydrogen) atoms. The SMILES string of the molecule is COc1cnn(C(C)C)c1C(O)c1cc(Br)sc1Br. The minimum absolute atomic E-state index is 0.148. The van der Waals surface area contributed by atoms with Crippen molar-refractivity contribution in [3.05, 3.63) is 31.1 Å². The lowest BCUT2D eigenvalue weighted by Gasteiger charge is -2.17. The maximum atomic E-state index is 10.6. The standard InChI is InChI=1S/C12H14Br2N2O2S/c1-6(2)16-10(8(18-3)5-15-16)11(17)7-4-9(13)19-12(7)14/h4-6,11,17H,1-3H3. The summed E-state index contributed by atoms with van der Waals surface area (Å²) < 4.78 is 8.93. The highest BCUT2D eigenvalue weighted by Gasteiger charge is 2.25. The van der Waals surface area contributed by atoms with Gasteiger partial charge in [-0.2, -0.15) is 5.10 Å². The van der Waals surface area contributed by atoms with Gasteiger partial charge in [0.2, 0.25) is 0 Å². The quantitative estimate of drug-likeness (QED) is 0.825. The molecule has 2 aromatic heterocycles. The van der Waals surface area contributed by atoms with Crippen LogP contribution < -0.4 is 4.74 Å². The molecule has 2 rings (SSSR count). The first-order valence-corrected chi connectivity index (χ1v) is 8.10. The Kier molecular flexibility index (Phi) is 4.70. The molecule has 0 radical (unpaired) electrons. The summed E-state index contributed by atoms with van der Waals surface area (Å²) in [4.78, 5) is 0. The Morgan fingerprint density at radius 1 is 1.42 bits per heavy atom. The molecule has 0 aliphatic heterocycles. The van der Waals surface area contributed by atoms with E-state index < -0.39 is 6.10 Å². The van der Waals surface area contributed by atoms with Crippen LogP contribution in [0.4, 0.5) is 0 Å². The molecule has 0 bridgehead atoms. The van der Waals surface area contributed by atoms with Crippen LogP contribution >= 0.6 is 43.2 Å². The van der Waals surface area contributed by atoms with Gasteiger partial charge in [0.15, 0.2) is 5.75 Å². The largest absolute Gasteiger partial charge is 0.493 e. The number of hydrogen-bond donors (Lipinski definition) is 1. The lowest BCUT2D eigenvalue weighted by molar-refractivity contribution is 0.199. The highest BCUT2D eigenvalue weighted by atomic mass is 79.9. The predicted octanol–water partition coefficient (Wildman–Crippen LogP) is 4.14. The summed E-state index contributed by atoms with van der Waals surface area (Å²) in [5.74, 6) is 0.593. The first-order chi connectivity index (χ1) is 8.95. The summed E-state index contributed by atoms with van der Waals surface area (Å²) >= 11 is 8.42. The molecule has 104 valence electrons. The van der Waals surface area contributed by atoms with Crippen molar-refractivity contribution >= 4 is 43.2 Å². The lowest BCUT2D eigenvalue weighted by atomic mass is 10.1. The van der Waals surface area contributed by atoms with Crippen LogP contribution in [0.5, 0.6) is 5.75 Å². The van der Waals surface area contributed by atoms with Crippen molar-refractivity contribution in [3.8, 4) is 5.75 Å². The number of ether oxygens (including phenoxy) is 1. The van der Waals surface area contributed by atoms with E-state index in [-0.39, 0.29) is 6.04 Å². The number of nitrogens with zero attached hydrogens (tertiary/aromatic N) is 2. The summed E-state index contributed by atoms with van der Waals surface area (Å²) in [5, 5.41) is 14.9. The highest BCUT2D eigenvalue weighted by Crippen LogP contribution is 2.40. The molecule has 1 unspecified atom stereocenters. The molecule has 0 aliphatic carbocycles. The molecule has 2 aromatic rings. The van der Waals surface area contributed by atoms with Gasteiger partial charge in [0, 0.05) is 11.6 Å². The van der Waals surface area contributed by atoms with E-state index >= 15 is 0 Å². The number of aromatic nitrogens is 2. The number of aliphatic hydroxyl groups is 1. The fourth-order valence-electron chi connectivity index (χ4n) is 1.87. The van der Waals surface area contributed by atoms with Gasteiger partial charge in [0.25, 0.3) is 0 Å². The average molecular weight is 410 g/mol. The van der Waals surface area contributed by atoms with E-state index in [1.165, 1.54) is 11.3 Å². The van der Waals surface area contributed by atoms with Gasteiger partial charge in [0.1, 0.15) is 11.8 Å². The Hall–Kier alpha value is -0.370. The van der Waals surface area contributed by atoms with E-state index in [1.807, 2.05) is 19.9 Å². The molecule has 0 saturated heterocycles. The highest BCUT2D eigenvalue weighted by molar-refractivity contribution is 9.12. The third-order valence-corrected chi connectivity index (χ3v) is 5.13. The first-order valence-electron chi connectivity index (χ1n) is 5.69. The fourth-order valence-corrected chi connectivity index (χ4v) is 4.76. The summed E-state index contributed by atoms with van der Waals surface area (Å²) in [6.45, 7) is 4.03. The molecular formula is C12H14Br2N2O2S. The maximum absolute atomic E-state index is 10.6. The van der Waals surface area contributed by atoms with Gasteiger partial charge in [-0.25, -0.2) is 0 Å². The molecule has 1 atom stereocenters. The summed E-state index contributed by atoms with van der Waals surface area (Å²) in [7, 11) is 1.58. The zero-order valence-electron chi connectivity index (χ0n) is 10.7. The number of thiophene rings is 1. The third-order valence-electron chi connectivity index (χ3n) is 2.74. The number of methoxy groups -OCH3 is 1. The van der Waals surface area contributed by atoms with E-state index in [9.17, 15) is 5.11 Å². The van der Waals surface area contributed by atoms with Gasteiger partial charge in [0.05, 0.1) is 20.9 Å². The molecule has 0 spiro atoms. The summed E-state index contributed by atoms with van der Waals surface area (Å²) in [5.41, 5.74) is 1.47. The number of hydrogen-bond acceptors (Lipinski definition) is 4. The third kappa shape index (κ3) is 2.89. The molecule has 1 N–H and O–H groups in total. The van der Waals surface area contributed by atoms with Gasteiger partial charge in [-0.1, -0.05) is 0 Å². The van der Waals surface area contributed by atoms with Gasteiger partial charge in [-0.15, -0.1) is 11.3 Å². The molecular weight excluding hydrogens is 396 g/mol. The Morgan fingerprint density at radius 2 is 2.11 bits per heavy atom. The van der Waals surface area contributed by atoms with Crippen LogP contribution in [0.3, 0.4) is 0 Å². The van der Waals surface area contributed by atoms with Crippen molar-refractivity contribution in [2.45, 2.75) is 26.0 Å². The Balaban J connectivity index is 2.51. The fraction of sp³-hybridized carbons (Fsp3) is 0.417. The van der Waals surface area contributed by atoms with E-state index in [0.717, 1.165) is 13.1 Å². The number of halogens is 2. The molecule has 2 heterocycles. The Morgan fingerprint density at radius 3 is 2.58 bits per heavy atom. The van der Waals surface area contributed by atoms with Crippen LogP contribution in [-0.4, -0.2) is 22.0 Å². The normalized spacial score (nSPS) is 13.0. The zero-order valence-corrected chi connectivity index (χ0v) is 14.7. The monoisotopic (exact) mass is 408 g/mol. The lowest BCUT2D eigenvalue weighted by Crippen LogP contribution is -2.12. The first kappa shape index (κ1) is 15.0. The van der Waals surface area contributed by atoms with Gasteiger partial charge >= 0.3 is 0 Å². The number of aliphatic hydroxyl groups excluding tert-OH is 1. The Labute approximate surface area is 132 Å². The smallest absolute Gasteiger partial charge is 0.163 e. The van der Waals surface area contributed by atoms with Crippen molar-refractivity contribution in [2.24, 2.45) is 0 Å².